The van der Waals surface area contributed by atoms with E-state index in [0.717, 1.165) is 5.92 Å². The summed E-state index contributed by atoms with van der Waals surface area (Å²) in [5.74, 6) is 1.03. The predicted molar refractivity (Wildman–Crippen MR) is 54.7 cm³/mol. The normalized spacial score (nSPS) is 33.8. The molecule has 0 nitrogen and oxygen atoms in total. The Bertz CT molecular complexity index is 115. The van der Waals surface area contributed by atoms with Crippen molar-refractivity contribution in [3.63, 3.8) is 0 Å². The summed E-state index contributed by atoms with van der Waals surface area (Å²) in [7, 11) is 0. The Labute approximate surface area is 75.6 Å². The van der Waals surface area contributed by atoms with Gasteiger partial charge >= 0.3 is 75.7 Å². The summed E-state index contributed by atoms with van der Waals surface area (Å²) in [6.45, 7) is 2.41. The van der Waals surface area contributed by atoms with Crippen LogP contribution in [0.15, 0.2) is 0 Å². The molecule has 1 aliphatic rings. The summed E-state index contributed by atoms with van der Waals surface area (Å²) in [5, 5.41) is 0. The summed E-state index contributed by atoms with van der Waals surface area (Å²) in [4.78, 5) is 7.78. The first-order valence-corrected chi connectivity index (χ1v) is 15.2. The molecule has 11 heavy (non-hydrogen) atoms. The third kappa shape index (κ3) is 2.96. The van der Waals surface area contributed by atoms with Gasteiger partial charge in [-0.1, -0.05) is 0 Å². The van der Waals surface area contributed by atoms with Crippen molar-refractivity contribution >= 4 is 18.4 Å². The quantitative estimate of drug-likeness (QED) is 0.628. The van der Waals surface area contributed by atoms with Crippen LogP contribution in [0.5, 0.6) is 0 Å². The van der Waals surface area contributed by atoms with Crippen LogP contribution in [-0.2, 0) is 0 Å². The van der Waals surface area contributed by atoms with E-state index in [1.807, 2.05) is 0 Å². The summed E-state index contributed by atoms with van der Waals surface area (Å²) in [6, 6.07) is 0. The summed E-state index contributed by atoms with van der Waals surface area (Å²) < 4.78 is 1.19. The van der Waals surface area contributed by atoms with Crippen molar-refractivity contribution in [1.82, 2.24) is 0 Å². The minimum absolute atomic E-state index is 1.03. The van der Waals surface area contributed by atoms with Crippen LogP contribution in [0.25, 0.3) is 0 Å². The average Bonchev–Trinajstić information content (AvgIpc) is 1.86. The van der Waals surface area contributed by atoms with E-state index in [-0.39, 0.29) is 0 Å². The van der Waals surface area contributed by atoms with Crippen LogP contribution in [0, 0.1) is 5.92 Å². The second-order valence-corrected chi connectivity index (χ2v) is 21.2. The molecule has 0 bridgehead atoms. The third-order valence-corrected chi connectivity index (χ3v) is 11.9. The molecule has 0 aliphatic heterocycles. The van der Waals surface area contributed by atoms with E-state index in [1.54, 1.807) is 12.8 Å². The Morgan fingerprint density at radius 2 is 1.36 bits per heavy atom. The van der Waals surface area contributed by atoms with Gasteiger partial charge in [0.25, 0.3) is 0 Å². The molecule has 0 aromatic heterocycles. The van der Waals surface area contributed by atoms with Crippen molar-refractivity contribution in [3.05, 3.63) is 0 Å². The van der Waals surface area contributed by atoms with E-state index in [2.05, 4.69) is 21.7 Å². The Morgan fingerprint density at radius 3 is 1.73 bits per heavy atom. The first-order chi connectivity index (χ1) is 5.00. The van der Waals surface area contributed by atoms with Crippen LogP contribution in [0.3, 0.4) is 0 Å². The van der Waals surface area contributed by atoms with E-state index in [9.17, 15) is 0 Å². The van der Waals surface area contributed by atoms with Gasteiger partial charge in [0.1, 0.15) is 0 Å². The molecule has 0 radical (unpaired) electrons. The molecule has 66 valence electrons. The number of hydrogen-bond donors (Lipinski definition) is 0. The molecule has 1 saturated carbocycles. The fourth-order valence-electron chi connectivity index (χ4n) is 2.13. The van der Waals surface area contributed by atoms with E-state index in [1.165, 1.54) is 16.8 Å². The topological polar surface area (TPSA) is 0 Å². The predicted octanol–water partition coefficient (Wildman–Crippen LogP) is 3.90. The standard InChI is InChI=1S/C7H13.3CH3.Sn/c1-7-5-3-2-4-6-7;;;;/h2,7H,3-6H2,1H3;3*1H3;. The minimum atomic E-state index is -1.47. The van der Waals surface area contributed by atoms with E-state index < -0.39 is 18.4 Å². The fourth-order valence-corrected chi connectivity index (χ4v) is 8.02. The van der Waals surface area contributed by atoms with E-state index >= 15 is 0 Å². The van der Waals surface area contributed by atoms with Crippen LogP contribution >= 0.6 is 0 Å². The van der Waals surface area contributed by atoms with Crippen LogP contribution in [0.4, 0.5) is 0 Å². The first kappa shape index (κ1) is 9.88. The molecule has 0 saturated heterocycles. The van der Waals surface area contributed by atoms with Crippen molar-refractivity contribution < 1.29 is 0 Å². The zero-order chi connectivity index (χ0) is 8.48. The molecule has 1 rings (SSSR count). The van der Waals surface area contributed by atoms with Gasteiger partial charge in [-0.05, 0) is 0 Å². The molecule has 1 aliphatic carbocycles. The van der Waals surface area contributed by atoms with Crippen LogP contribution in [0.2, 0.25) is 18.8 Å². The zero-order valence-electron chi connectivity index (χ0n) is 8.48. The van der Waals surface area contributed by atoms with Gasteiger partial charge in [-0.25, -0.2) is 0 Å². The Kier molecular flexibility index (Phi) is 3.30. The molecule has 0 atom stereocenters. The van der Waals surface area contributed by atoms with Crippen molar-refractivity contribution in [2.75, 3.05) is 0 Å². The number of hydrogen-bond acceptors (Lipinski definition) is 0. The van der Waals surface area contributed by atoms with Gasteiger partial charge in [0, 0.05) is 0 Å². The zero-order valence-corrected chi connectivity index (χ0v) is 11.3. The second kappa shape index (κ2) is 3.67. The maximum atomic E-state index is 2.59. The molecule has 0 aromatic carbocycles. The monoisotopic (exact) mass is 262 g/mol. The second-order valence-electron chi connectivity index (χ2n) is 5.32. The molecule has 0 aromatic rings. The van der Waals surface area contributed by atoms with Crippen molar-refractivity contribution in [2.45, 2.75) is 51.4 Å². The molecule has 1 fully saturated rings. The van der Waals surface area contributed by atoms with Crippen LogP contribution in [0.1, 0.15) is 32.6 Å². The van der Waals surface area contributed by atoms with Crippen molar-refractivity contribution in [2.24, 2.45) is 5.92 Å². The SMILES string of the molecule is CC1CC[CH]([Sn]([CH3])([CH3])[CH3])CC1. The van der Waals surface area contributed by atoms with Gasteiger partial charge in [0.2, 0.25) is 0 Å². The Hall–Kier alpha value is 0.799. The summed E-state index contributed by atoms with van der Waals surface area (Å²) in [5.41, 5.74) is 0. The third-order valence-electron chi connectivity index (χ3n) is 3.24. The first-order valence-electron chi connectivity index (χ1n) is 5.00. The van der Waals surface area contributed by atoms with Crippen LogP contribution in [-0.4, -0.2) is 18.4 Å². The molecule has 0 unspecified atom stereocenters. The molecule has 0 N–H and O–H groups in total. The van der Waals surface area contributed by atoms with Gasteiger partial charge in [0.15, 0.2) is 0 Å². The fraction of sp³-hybridized carbons (Fsp3) is 1.00. The van der Waals surface area contributed by atoms with Crippen LogP contribution < -0.4 is 0 Å². The summed E-state index contributed by atoms with van der Waals surface area (Å²) in [6.07, 6.45) is 6.14. The Balaban J connectivity index is 2.39. The van der Waals surface area contributed by atoms with Crippen molar-refractivity contribution in [1.29, 1.82) is 0 Å². The van der Waals surface area contributed by atoms with E-state index in [4.69, 9.17) is 0 Å². The molecule has 1 heteroatoms. The molecule has 0 amide bonds. The Morgan fingerprint density at radius 1 is 0.909 bits per heavy atom. The van der Waals surface area contributed by atoms with Gasteiger partial charge in [-0.2, -0.15) is 0 Å². The van der Waals surface area contributed by atoms with Gasteiger partial charge < -0.3 is 0 Å². The van der Waals surface area contributed by atoms with Gasteiger partial charge in [0.05, 0.1) is 0 Å². The average molecular weight is 261 g/mol. The summed E-state index contributed by atoms with van der Waals surface area (Å²) >= 11 is -1.47. The maximum absolute atomic E-state index is 2.59. The molecular formula is C10H22Sn. The molecule has 0 heterocycles. The number of rotatable bonds is 1. The van der Waals surface area contributed by atoms with Gasteiger partial charge in [-0.15, -0.1) is 0 Å². The molecular weight excluding hydrogens is 239 g/mol. The molecule has 0 spiro atoms. The van der Waals surface area contributed by atoms with Crippen molar-refractivity contribution in [3.8, 4) is 0 Å². The van der Waals surface area contributed by atoms with E-state index in [0.29, 0.717) is 0 Å². The van der Waals surface area contributed by atoms with Gasteiger partial charge in [-0.3, -0.25) is 0 Å².